The fourth-order valence-corrected chi connectivity index (χ4v) is 1.86. The number of rotatable bonds is 7. The average Bonchev–Trinajstić information content (AvgIpc) is 2.95. The fraction of sp³-hybridized carbons (Fsp3) is 0.385. The van der Waals surface area contributed by atoms with Crippen LogP contribution in [0.25, 0.3) is 5.69 Å². The molecule has 1 heterocycles. The summed E-state index contributed by atoms with van der Waals surface area (Å²) in [6.07, 6.45) is 2.70. The zero-order chi connectivity index (χ0) is 15.2. The Bertz CT molecular complexity index is 626. The Morgan fingerprint density at radius 2 is 2.29 bits per heavy atom. The Labute approximate surface area is 121 Å². The fourth-order valence-electron chi connectivity index (χ4n) is 1.86. The van der Waals surface area contributed by atoms with E-state index >= 15 is 0 Å². The molecule has 0 aliphatic heterocycles. The zero-order valence-electron chi connectivity index (χ0n) is 11.9. The molecule has 112 valence electrons. The number of benzene rings is 1. The number of ether oxygens (including phenoxy) is 1. The average molecular weight is 291 g/mol. The number of methoxy groups -OCH3 is 1. The smallest absolute Gasteiger partial charge is 0.298 e. The number of aromatic nitrogens is 3. The van der Waals surface area contributed by atoms with Crippen molar-refractivity contribution in [2.24, 2.45) is 0 Å². The number of nitro benzene ring substituents is 1. The summed E-state index contributed by atoms with van der Waals surface area (Å²) < 4.78 is 6.41. The lowest BCUT2D eigenvalue weighted by atomic mass is 10.2. The van der Waals surface area contributed by atoms with Crippen LogP contribution in [0.1, 0.15) is 19.0 Å². The third-order valence-electron chi connectivity index (χ3n) is 2.90. The van der Waals surface area contributed by atoms with E-state index in [0.29, 0.717) is 18.0 Å². The van der Waals surface area contributed by atoms with Gasteiger partial charge in [0, 0.05) is 6.54 Å². The number of nitro groups is 1. The lowest BCUT2D eigenvalue weighted by Gasteiger charge is -2.04. The molecule has 0 unspecified atom stereocenters. The van der Waals surface area contributed by atoms with Gasteiger partial charge < -0.3 is 10.1 Å². The summed E-state index contributed by atoms with van der Waals surface area (Å²) in [6.45, 7) is 3.54. The molecule has 0 bridgehead atoms. The lowest BCUT2D eigenvalue weighted by molar-refractivity contribution is -0.384. The van der Waals surface area contributed by atoms with Gasteiger partial charge in [0.1, 0.15) is 11.4 Å². The number of hydrogen-bond acceptors (Lipinski definition) is 6. The second-order valence-corrected chi connectivity index (χ2v) is 4.44. The van der Waals surface area contributed by atoms with E-state index in [1.807, 2.05) is 0 Å². The Hall–Kier alpha value is -2.48. The third kappa shape index (κ3) is 3.54. The van der Waals surface area contributed by atoms with Crippen LogP contribution in [0.3, 0.4) is 0 Å². The summed E-state index contributed by atoms with van der Waals surface area (Å²) in [6, 6.07) is 4.61. The van der Waals surface area contributed by atoms with E-state index in [0.717, 1.165) is 18.7 Å². The van der Waals surface area contributed by atoms with Gasteiger partial charge in [0.15, 0.2) is 0 Å². The Balaban J connectivity index is 2.27. The van der Waals surface area contributed by atoms with E-state index in [1.54, 1.807) is 18.3 Å². The Morgan fingerprint density at radius 1 is 1.48 bits per heavy atom. The van der Waals surface area contributed by atoms with Gasteiger partial charge in [-0.15, -0.1) is 5.10 Å². The van der Waals surface area contributed by atoms with Crippen LogP contribution in [-0.2, 0) is 6.54 Å². The first-order valence-corrected chi connectivity index (χ1v) is 6.60. The van der Waals surface area contributed by atoms with Crippen LogP contribution >= 0.6 is 0 Å². The van der Waals surface area contributed by atoms with E-state index in [1.165, 1.54) is 17.9 Å². The minimum Gasteiger partial charge on any atom is -0.496 e. The van der Waals surface area contributed by atoms with Crippen LogP contribution in [0, 0.1) is 10.1 Å². The van der Waals surface area contributed by atoms with E-state index in [4.69, 9.17) is 4.74 Å². The second-order valence-electron chi connectivity index (χ2n) is 4.44. The van der Waals surface area contributed by atoms with Crippen molar-refractivity contribution in [1.82, 2.24) is 20.3 Å². The first-order chi connectivity index (χ1) is 10.2. The van der Waals surface area contributed by atoms with Crippen molar-refractivity contribution >= 4 is 5.69 Å². The van der Waals surface area contributed by atoms with Crippen LogP contribution in [0.15, 0.2) is 24.4 Å². The SMILES string of the molecule is CCCNCc1cn(-c2ccc(OC)cc2[N+](=O)[O-])nn1. The molecule has 8 nitrogen and oxygen atoms in total. The number of nitrogens with one attached hydrogen (secondary N) is 1. The molecule has 1 aromatic heterocycles. The van der Waals surface area contributed by atoms with Crippen molar-refractivity contribution in [2.75, 3.05) is 13.7 Å². The predicted octanol–water partition coefficient (Wildman–Crippen LogP) is 1.68. The second kappa shape index (κ2) is 6.80. The van der Waals surface area contributed by atoms with Crippen LogP contribution in [0.2, 0.25) is 0 Å². The van der Waals surface area contributed by atoms with Gasteiger partial charge in [0.2, 0.25) is 0 Å². The highest BCUT2D eigenvalue weighted by Gasteiger charge is 2.18. The molecule has 0 saturated heterocycles. The molecule has 2 rings (SSSR count). The normalized spacial score (nSPS) is 10.6. The molecule has 0 fully saturated rings. The topological polar surface area (TPSA) is 95.1 Å². The van der Waals surface area contributed by atoms with Gasteiger partial charge in [-0.1, -0.05) is 12.1 Å². The predicted molar refractivity (Wildman–Crippen MR) is 76.6 cm³/mol. The summed E-state index contributed by atoms with van der Waals surface area (Å²) in [5.74, 6) is 0.426. The highest BCUT2D eigenvalue weighted by Crippen LogP contribution is 2.27. The highest BCUT2D eigenvalue weighted by molar-refractivity contribution is 5.55. The van der Waals surface area contributed by atoms with Crippen molar-refractivity contribution < 1.29 is 9.66 Å². The molecule has 0 aliphatic carbocycles. The quantitative estimate of drug-likeness (QED) is 0.474. The van der Waals surface area contributed by atoms with E-state index in [9.17, 15) is 10.1 Å². The number of hydrogen-bond donors (Lipinski definition) is 1. The van der Waals surface area contributed by atoms with Gasteiger partial charge in [-0.25, -0.2) is 4.68 Å². The van der Waals surface area contributed by atoms with E-state index < -0.39 is 4.92 Å². The molecule has 1 aromatic carbocycles. The molecular weight excluding hydrogens is 274 g/mol. The van der Waals surface area contributed by atoms with Gasteiger partial charge in [0.25, 0.3) is 5.69 Å². The third-order valence-corrected chi connectivity index (χ3v) is 2.90. The van der Waals surface area contributed by atoms with Crippen LogP contribution in [0.4, 0.5) is 5.69 Å². The maximum Gasteiger partial charge on any atom is 0.298 e. The first-order valence-electron chi connectivity index (χ1n) is 6.60. The maximum atomic E-state index is 11.2. The summed E-state index contributed by atoms with van der Waals surface area (Å²) in [7, 11) is 1.46. The zero-order valence-corrected chi connectivity index (χ0v) is 11.9. The molecule has 2 aromatic rings. The molecule has 0 atom stereocenters. The van der Waals surface area contributed by atoms with Gasteiger partial charge >= 0.3 is 0 Å². The largest absolute Gasteiger partial charge is 0.496 e. The molecule has 21 heavy (non-hydrogen) atoms. The van der Waals surface area contributed by atoms with Gasteiger partial charge in [-0.3, -0.25) is 10.1 Å². The van der Waals surface area contributed by atoms with Crippen molar-refractivity contribution in [3.05, 3.63) is 40.2 Å². The standard InChI is InChI=1S/C13H17N5O3/c1-3-6-14-8-10-9-17(16-15-10)12-5-4-11(21-2)7-13(12)18(19)20/h4-5,7,9,14H,3,6,8H2,1-2H3. The highest BCUT2D eigenvalue weighted by atomic mass is 16.6. The van der Waals surface area contributed by atoms with Crippen molar-refractivity contribution in [1.29, 1.82) is 0 Å². The Morgan fingerprint density at radius 3 is 2.95 bits per heavy atom. The molecule has 0 spiro atoms. The van der Waals surface area contributed by atoms with Crippen LogP contribution in [0.5, 0.6) is 5.75 Å². The molecule has 0 aliphatic rings. The minimum absolute atomic E-state index is 0.0766. The monoisotopic (exact) mass is 291 g/mol. The molecular formula is C13H17N5O3. The first kappa shape index (κ1) is 14.9. The van der Waals surface area contributed by atoms with Crippen LogP contribution in [-0.4, -0.2) is 33.6 Å². The summed E-state index contributed by atoms with van der Waals surface area (Å²) in [4.78, 5) is 10.7. The van der Waals surface area contributed by atoms with Crippen molar-refractivity contribution in [2.45, 2.75) is 19.9 Å². The molecule has 8 heteroatoms. The lowest BCUT2D eigenvalue weighted by Crippen LogP contribution is -2.13. The Kier molecular flexibility index (Phi) is 4.83. The van der Waals surface area contributed by atoms with Crippen molar-refractivity contribution in [3.8, 4) is 11.4 Å². The summed E-state index contributed by atoms with van der Waals surface area (Å²) in [5.41, 5.74) is 1.01. The molecule has 0 radical (unpaired) electrons. The molecule has 0 amide bonds. The van der Waals surface area contributed by atoms with Gasteiger partial charge in [0.05, 0.1) is 30.0 Å². The van der Waals surface area contributed by atoms with E-state index in [-0.39, 0.29) is 5.69 Å². The molecule has 1 N–H and O–H groups in total. The van der Waals surface area contributed by atoms with Crippen LogP contribution < -0.4 is 10.1 Å². The van der Waals surface area contributed by atoms with Gasteiger partial charge in [-0.2, -0.15) is 0 Å². The van der Waals surface area contributed by atoms with Crippen molar-refractivity contribution in [3.63, 3.8) is 0 Å². The van der Waals surface area contributed by atoms with E-state index in [2.05, 4.69) is 22.6 Å². The van der Waals surface area contributed by atoms with Gasteiger partial charge in [-0.05, 0) is 25.1 Å². The molecule has 0 saturated carbocycles. The maximum absolute atomic E-state index is 11.2. The minimum atomic E-state index is -0.464. The number of nitrogens with zero attached hydrogens (tertiary/aromatic N) is 4. The summed E-state index contributed by atoms with van der Waals surface area (Å²) in [5, 5.41) is 22.3. The summed E-state index contributed by atoms with van der Waals surface area (Å²) >= 11 is 0.